The molecule has 3 nitrogen and oxygen atoms in total. The Labute approximate surface area is 102 Å². The minimum Gasteiger partial charge on any atom is -0.497 e. The van der Waals surface area contributed by atoms with E-state index in [9.17, 15) is 4.79 Å². The van der Waals surface area contributed by atoms with E-state index in [0.29, 0.717) is 0 Å². The van der Waals surface area contributed by atoms with E-state index >= 15 is 0 Å². The summed E-state index contributed by atoms with van der Waals surface area (Å²) in [6.07, 6.45) is 3.55. The van der Waals surface area contributed by atoms with Gasteiger partial charge in [0.1, 0.15) is 5.75 Å². The van der Waals surface area contributed by atoms with Crippen LogP contribution in [0, 0.1) is 0 Å². The first-order valence-corrected chi connectivity index (χ1v) is 6.05. The van der Waals surface area contributed by atoms with E-state index in [1.807, 2.05) is 12.1 Å². The molecule has 0 atom stereocenters. The van der Waals surface area contributed by atoms with Crippen LogP contribution in [0.3, 0.4) is 0 Å². The second-order valence-electron chi connectivity index (χ2n) is 4.77. The molecule has 1 amide bonds. The molecule has 1 aliphatic rings. The third kappa shape index (κ3) is 2.43. The first-order chi connectivity index (χ1) is 8.16. The molecule has 0 radical (unpaired) electrons. The zero-order valence-electron chi connectivity index (χ0n) is 10.5. The van der Waals surface area contributed by atoms with Crippen molar-refractivity contribution in [2.45, 2.75) is 31.6 Å². The zero-order chi connectivity index (χ0) is 12.3. The highest BCUT2D eigenvalue weighted by Gasteiger charge is 2.38. The Morgan fingerprint density at radius 1 is 1.35 bits per heavy atom. The molecule has 1 saturated carbocycles. The lowest BCUT2D eigenvalue weighted by Gasteiger charge is -2.42. The van der Waals surface area contributed by atoms with Crippen molar-refractivity contribution < 1.29 is 9.53 Å². The highest BCUT2D eigenvalue weighted by molar-refractivity contribution is 5.73. The van der Waals surface area contributed by atoms with Gasteiger partial charge >= 0.3 is 0 Å². The summed E-state index contributed by atoms with van der Waals surface area (Å²) in [7, 11) is 1.67. The van der Waals surface area contributed by atoms with Gasteiger partial charge in [0.15, 0.2) is 0 Å². The summed E-state index contributed by atoms with van der Waals surface area (Å²) in [5.74, 6) is 0.924. The van der Waals surface area contributed by atoms with E-state index in [2.05, 4.69) is 17.4 Å². The van der Waals surface area contributed by atoms with Crippen LogP contribution in [0.1, 0.15) is 31.7 Å². The molecule has 2 rings (SSSR count). The highest BCUT2D eigenvalue weighted by atomic mass is 16.5. The number of benzene rings is 1. The van der Waals surface area contributed by atoms with Crippen LogP contribution >= 0.6 is 0 Å². The lowest BCUT2D eigenvalue weighted by Crippen LogP contribution is -2.45. The van der Waals surface area contributed by atoms with Gasteiger partial charge in [0.25, 0.3) is 0 Å². The molecule has 0 spiro atoms. The molecule has 17 heavy (non-hydrogen) atoms. The average molecular weight is 233 g/mol. The molecule has 0 heterocycles. The highest BCUT2D eigenvalue weighted by Crippen LogP contribution is 2.43. The van der Waals surface area contributed by atoms with Crippen LogP contribution in [0.4, 0.5) is 0 Å². The number of rotatable bonds is 4. The van der Waals surface area contributed by atoms with Crippen molar-refractivity contribution in [1.29, 1.82) is 0 Å². The average Bonchev–Trinajstić information content (AvgIpc) is 2.28. The molecule has 1 aromatic carbocycles. The Kier molecular flexibility index (Phi) is 3.36. The summed E-state index contributed by atoms with van der Waals surface area (Å²) in [5.41, 5.74) is 1.45. The van der Waals surface area contributed by atoms with Crippen LogP contribution in [-0.4, -0.2) is 19.6 Å². The SMILES string of the molecule is COc1ccc(C2(CNC(C)=O)CCC2)cc1. The summed E-state index contributed by atoms with van der Waals surface area (Å²) in [6.45, 7) is 2.31. The zero-order valence-corrected chi connectivity index (χ0v) is 10.5. The Balaban J connectivity index is 2.13. The van der Waals surface area contributed by atoms with Crippen molar-refractivity contribution in [3.8, 4) is 5.75 Å². The van der Waals surface area contributed by atoms with E-state index in [-0.39, 0.29) is 11.3 Å². The number of carbonyl (C=O) groups is 1. The first kappa shape index (κ1) is 12.0. The van der Waals surface area contributed by atoms with Crippen molar-refractivity contribution >= 4 is 5.91 Å². The van der Waals surface area contributed by atoms with Gasteiger partial charge in [-0.1, -0.05) is 18.6 Å². The van der Waals surface area contributed by atoms with Gasteiger partial charge in [-0.05, 0) is 30.5 Å². The number of methoxy groups -OCH3 is 1. The number of amides is 1. The molecule has 92 valence electrons. The summed E-state index contributed by atoms with van der Waals surface area (Å²) in [4.78, 5) is 11.0. The first-order valence-electron chi connectivity index (χ1n) is 6.05. The Hall–Kier alpha value is -1.51. The van der Waals surface area contributed by atoms with Crippen LogP contribution in [0.2, 0.25) is 0 Å². The predicted octanol–water partition coefficient (Wildman–Crippen LogP) is 2.25. The summed E-state index contributed by atoms with van der Waals surface area (Å²) < 4.78 is 5.16. The number of hydrogen-bond acceptors (Lipinski definition) is 2. The Morgan fingerprint density at radius 3 is 2.41 bits per heavy atom. The largest absolute Gasteiger partial charge is 0.497 e. The third-order valence-electron chi connectivity index (χ3n) is 3.69. The van der Waals surface area contributed by atoms with E-state index < -0.39 is 0 Å². The van der Waals surface area contributed by atoms with Crippen LogP contribution in [0.5, 0.6) is 5.75 Å². The molecule has 0 saturated heterocycles. The molecule has 1 fully saturated rings. The molecule has 0 aliphatic heterocycles. The maximum absolute atomic E-state index is 11.0. The second kappa shape index (κ2) is 4.78. The van der Waals surface area contributed by atoms with Crippen molar-refractivity contribution in [2.24, 2.45) is 0 Å². The van der Waals surface area contributed by atoms with Gasteiger partial charge in [-0.3, -0.25) is 4.79 Å². The fourth-order valence-corrected chi connectivity index (χ4v) is 2.41. The second-order valence-corrected chi connectivity index (χ2v) is 4.77. The maximum atomic E-state index is 11.0. The van der Waals surface area contributed by atoms with Crippen LogP contribution in [0.15, 0.2) is 24.3 Å². The van der Waals surface area contributed by atoms with Crippen molar-refractivity contribution in [3.63, 3.8) is 0 Å². The summed E-state index contributed by atoms with van der Waals surface area (Å²) in [5, 5.41) is 2.95. The topological polar surface area (TPSA) is 38.3 Å². The minimum absolute atomic E-state index is 0.0461. The standard InChI is InChI=1S/C14H19NO2/c1-11(16)15-10-14(8-3-9-14)12-4-6-13(17-2)7-5-12/h4-7H,3,8-10H2,1-2H3,(H,15,16). The molecule has 0 aromatic heterocycles. The molecule has 1 aromatic rings. The molecule has 0 bridgehead atoms. The number of nitrogens with one attached hydrogen (secondary N) is 1. The maximum Gasteiger partial charge on any atom is 0.216 e. The molecule has 3 heteroatoms. The molecular formula is C14H19NO2. The lowest BCUT2D eigenvalue weighted by molar-refractivity contribution is -0.119. The lowest BCUT2D eigenvalue weighted by atomic mass is 9.64. The van der Waals surface area contributed by atoms with E-state index in [0.717, 1.165) is 25.1 Å². The molecule has 0 unspecified atom stereocenters. The van der Waals surface area contributed by atoms with Crippen LogP contribution < -0.4 is 10.1 Å². The smallest absolute Gasteiger partial charge is 0.216 e. The van der Waals surface area contributed by atoms with Crippen molar-refractivity contribution in [2.75, 3.05) is 13.7 Å². The Bertz CT molecular complexity index is 393. The van der Waals surface area contributed by atoms with E-state index in [1.54, 1.807) is 14.0 Å². The monoisotopic (exact) mass is 233 g/mol. The van der Waals surface area contributed by atoms with Gasteiger partial charge in [-0.25, -0.2) is 0 Å². The van der Waals surface area contributed by atoms with Crippen LogP contribution in [-0.2, 0) is 10.2 Å². The van der Waals surface area contributed by atoms with E-state index in [1.165, 1.54) is 12.0 Å². The number of hydrogen-bond donors (Lipinski definition) is 1. The quantitative estimate of drug-likeness (QED) is 0.866. The molecular weight excluding hydrogens is 214 g/mol. The fraction of sp³-hybridized carbons (Fsp3) is 0.500. The minimum atomic E-state index is 0.0461. The third-order valence-corrected chi connectivity index (χ3v) is 3.69. The van der Waals surface area contributed by atoms with Gasteiger partial charge in [0, 0.05) is 18.9 Å². The Morgan fingerprint density at radius 2 is 2.00 bits per heavy atom. The van der Waals surface area contributed by atoms with Gasteiger partial charge in [0.05, 0.1) is 7.11 Å². The molecule has 1 aliphatic carbocycles. The van der Waals surface area contributed by atoms with Gasteiger partial charge in [0.2, 0.25) is 5.91 Å². The normalized spacial score (nSPS) is 17.1. The van der Waals surface area contributed by atoms with Crippen LogP contribution in [0.25, 0.3) is 0 Å². The predicted molar refractivity (Wildman–Crippen MR) is 67.2 cm³/mol. The summed E-state index contributed by atoms with van der Waals surface area (Å²) in [6, 6.07) is 8.20. The fourth-order valence-electron chi connectivity index (χ4n) is 2.41. The number of carbonyl (C=O) groups excluding carboxylic acids is 1. The van der Waals surface area contributed by atoms with Gasteiger partial charge in [-0.2, -0.15) is 0 Å². The van der Waals surface area contributed by atoms with Crippen molar-refractivity contribution in [1.82, 2.24) is 5.32 Å². The van der Waals surface area contributed by atoms with Crippen molar-refractivity contribution in [3.05, 3.63) is 29.8 Å². The van der Waals surface area contributed by atoms with E-state index in [4.69, 9.17) is 4.74 Å². The van der Waals surface area contributed by atoms with Gasteiger partial charge in [-0.15, -0.1) is 0 Å². The van der Waals surface area contributed by atoms with Gasteiger partial charge < -0.3 is 10.1 Å². The number of ether oxygens (including phenoxy) is 1. The summed E-state index contributed by atoms with van der Waals surface area (Å²) >= 11 is 0. The molecule has 1 N–H and O–H groups in total.